The Balaban J connectivity index is 1.94. The molecule has 2 aliphatic heterocycles. The summed E-state index contributed by atoms with van der Waals surface area (Å²) in [6, 6.07) is 0. The lowest BCUT2D eigenvalue weighted by Crippen LogP contribution is -2.44. The fourth-order valence-electron chi connectivity index (χ4n) is 2.05. The summed E-state index contributed by atoms with van der Waals surface area (Å²) in [6.07, 6.45) is 6.13. The van der Waals surface area contributed by atoms with E-state index in [0.717, 1.165) is 19.5 Å². The van der Waals surface area contributed by atoms with E-state index in [-0.39, 0.29) is 5.60 Å². The Morgan fingerprint density at radius 1 is 1.18 bits per heavy atom. The second-order valence-electron chi connectivity index (χ2n) is 3.61. The SMILES string of the molecule is [CH]1CCCC2(CCNCC2)O1. The minimum absolute atomic E-state index is 0.240. The van der Waals surface area contributed by atoms with Crippen molar-refractivity contribution in [1.82, 2.24) is 5.32 Å². The minimum Gasteiger partial charge on any atom is -0.369 e. The molecule has 2 nitrogen and oxygen atoms in total. The molecule has 0 atom stereocenters. The van der Waals surface area contributed by atoms with Crippen LogP contribution >= 0.6 is 0 Å². The Hall–Kier alpha value is -0.0800. The third kappa shape index (κ3) is 1.57. The molecule has 63 valence electrons. The van der Waals surface area contributed by atoms with Gasteiger partial charge in [-0.1, -0.05) is 0 Å². The summed E-state index contributed by atoms with van der Waals surface area (Å²) in [5.74, 6) is 0. The molecule has 0 aromatic heterocycles. The monoisotopic (exact) mass is 154 g/mol. The molecular weight excluding hydrogens is 138 g/mol. The molecule has 2 heteroatoms. The van der Waals surface area contributed by atoms with Crippen molar-refractivity contribution in [3.05, 3.63) is 6.61 Å². The first-order valence-electron chi connectivity index (χ1n) is 4.62. The number of hydrogen-bond acceptors (Lipinski definition) is 2. The Morgan fingerprint density at radius 3 is 2.64 bits per heavy atom. The van der Waals surface area contributed by atoms with Crippen molar-refractivity contribution in [2.24, 2.45) is 0 Å². The quantitative estimate of drug-likeness (QED) is 0.570. The average molecular weight is 154 g/mol. The van der Waals surface area contributed by atoms with Crippen LogP contribution in [0.25, 0.3) is 0 Å². The van der Waals surface area contributed by atoms with Crippen LogP contribution in [-0.2, 0) is 4.74 Å². The van der Waals surface area contributed by atoms with Crippen LogP contribution in [-0.4, -0.2) is 18.7 Å². The van der Waals surface area contributed by atoms with Crippen molar-refractivity contribution in [2.75, 3.05) is 13.1 Å². The van der Waals surface area contributed by atoms with Crippen LogP contribution in [0.4, 0.5) is 0 Å². The van der Waals surface area contributed by atoms with Crippen molar-refractivity contribution < 1.29 is 4.74 Å². The summed E-state index contributed by atoms with van der Waals surface area (Å²) in [7, 11) is 0. The summed E-state index contributed by atoms with van der Waals surface area (Å²) in [6.45, 7) is 4.27. The minimum atomic E-state index is 0.240. The van der Waals surface area contributed by atoms with E-state index < -0.39 is 0 Å². The van der Waals surface area contributed by atoms with E-state index in [1.807, 2.05) is 6.61 Å². The highest BCUT2D eigenvalue weighted by molar-refractivity contribution is 4.90. The van der Waals surface area contributed by atoms with E-state index in [0.29, 0.717) is 0 Å². The van der Waals surface area contributed by atoms with Gasteiger partial charge in [-0.15, -0.1) is 0 Å². The predicted octanol–water partition coefficient (Wildman–Crippen LogP) is 1.47. The highest BCUT2D eigenvalue weighted by Crippen LogP contribution is 2.33. The zero-order valence-corrected chi connectivity index (χ0v) is 6.94. The van der Waals surface area contributed by atoms with Crippen molar-refractivity contribution in [3.63, 3.8) is 0 Å². The van der Waals surface area contributed by atoms with Gasteiger partial charge in [-0.3, -0.25) is 0 Å². The fraction of sp³-hybridized carbons (Fsp3) is 0.889. The topological polar surface area (TPSA) is 21.3 Å². The molecule has 1 N–H and O–H groups in total. The predicted molar refractivity (Wildman–Crippen MR) is 44.1 cm³/mol. The molecule has 2 heterocycles. The van der Waals surface area contributed by atoms with Crippen molar-refractivity contribution in [1.29, 1.82) is 0 Å². The zero-order valence-electron chi connectivity index (χ0n) is 6.94. The molecule has 0 aromatic carbocycles. The Morgan fingerprint density at radius 2 is 2.00 bits per heavy atom. The number of rotatable bonds is 0. The van der Waals surface area contributed by atoms with Gasteiger partial charge in [0.15, 0.2) is 0 Å². The van der Waals surface area contributed by atoms with E-state index >= 15 is 0 Å². The summed E-state index contributed by atoms with van der Waals surface area (Å²) < 4.78 is 5.74. The molecule has 0 aromatic rings. The molecule has 0 bridgehead atoms. The smallest absolute Gasteiger partial charge is 0.0844 e. The van der Waals surface area contributed by atoms with Crippen LogP contribution in [0, 0.1) is 6.61 Å². The Kier molecular flexibility index (Phi) is 2.14. The standard InChI is InChI=1S/C9H16NO/c1-2-8-11-9(3-1)4-6-10-7-5-9/h8,10H,1-7H2. The molecule has 0 amide bonds. The van der Waals surface area contributed by atoms with Crippen LogP contribution in [0.15, 0.2) is 0 Å². The molecule has 0 aliphatic carbocycles. The molecule has 2 saturated heterocycles. The van der Waals surface area contributed by atoms with Gasteiger partial charge < -0.3 is 10.1 Å². The van der Waals surface area contributed by atoms with Gasteiger partial charge in [-0.2, -0.15) is 0 Å². The maximum atomic E-state index is 5.74. The first-order valence-corrected chi connectivity index (χ1v) is 4.62. The highest BCUT2D eigenvalue weighted by atomic mass is 16.5. The summed E-state index contributed by atoms with van der Waals surface area (Å²) in [5, 5.41) is 3.36. The van der Waals surface area contributed by atoms with E-state index in [1.54, 1.807) is 0 Å². The first kappa shape index (κ1) is 7.56. The number of ether oxygens (including phenoxy) is 1. The van der Waals surface area contributed by atoms with Gasteiger partial charge in [-0.25, -0.2) is 0 Å². The van der Waals surface area contributed by atoms with Gasteiger partial charge in [0, 0.05) is 0 Å². The third-order valence-electron chi connectivity index (χ3n) is 2.80. The van der Waals surface area contributed by atoms with Gasteiger partial charge in [0.2, 0.25) is 0 Å². The van der Waals surface area contributed by atoms with E-state index in [9.17, 15) is 0 Å². The lowest BCUT2D eigenvalue weighted by atomic mass is 9.85. The van der Waals surface area contributed by atoms with Gasteiger partial charge >= 0.3 is 0 Å². The highest BCUT2D eigenvalue weighted by Gasteiger charge is 2.34. The normalized spacial score (nSPS) is 30.5. The Labute approximate surface area is 68.3 Å². The van der Waals surface area contributed by atoms with Crippen LogP contribution in [0.1, 0.15) is 32.1 Å². The summed E-state index contributed by atoms with van der Waals surface area (Å²) in [5.41, 5.74) is 0.240. The molecule has 2 rings (SSSR count). The summed E-state index contributed by atoms with van der Waals surface area (Å²) in [4.78, 5) is 0. The van der Waals surface area contributed by atoms with Crippen LogP contribution in [0.5, 0.6) is 0 Å². The fourth-order valence-corrected chi connectivity index (χ4v) is 2.05. The first-order chi connectivity index (χ1) is 5.41. The maximum Gasteiger partial charge on any atom is 0.0844 e. The summed E-state index contributed by atoms with van der Waals surface area (Å²) >= 11 is 0. The number of piperidine rings is 1. The van der Waals surface area contributed by atoms with Crippen molar-refractivity contribution in [2.45, 2.75) is 37.7 Å². The van der Waals surface area contributed by atoms with Gasteiger partial charge in [-0.05, 0) is 45.2 Å². The second kappa shape index (κ2) is 3.11. The van der Waals surface area contributed by atoms with E-state index in [4.69, 9.17) is 4.74 Å². The molecule has 0 unspecified atom stereocenters. The molecule has 11 heavy (non-hydrogen) atoms. The molecule has 2 fully saturated rings. The zero-order chi connectivity index (χ0) is 7.57. The molecule has 1 radical (unpaired) electrons. The van der Waals surface area contributed by atoms with Crippen LogP contribution < -0.4 is 5.32 Å². The van der Waals surface area contributed by atoms with Gasteiger partial charge in [0.05, 0.1) is 12.2 Å². The second-order valence-corrected chi connectivity index (χ2v) is 3.61. The van der Waals surface area contributed by atoms with Crippen LogP contribution in [0.3, 0.4) is 0 Å². The number of nitrogens with one attached hydrogen (secondary N) is 1. The Bertz CT molecular complexity index is 104. The van der Waals surface area contributed by atoms with Crippen molar-refractivity contribution in [3.8, 4) is 0 Å². The van der Waals surface area contributed by atoms with Gasteiger partial charge in [0.1, 0.15) is 0 Å². The molecular formula is C9H16NO. The molecule has 1 spiro atoms. The maximum absolute atomic E-state index is 5.74. The number of hydrogen-bond donors (Lipinski definition) is 1. The lowest BCUT2D eigenvalue weighted by Gasteiger charge is -2.40. The van der Waals surface area contributed by atoms with Gasteiger partial charge in [0.25, 0.3) is 0 Å². The molecule has 0 saturated carbocycles. The lowest BCUT2D eigenvalue weighted by molar-refractivity contribution is -0.0606. The molecule has 2 aliphatic rings. The largest absolute Gasteiger partial charge is 0.369 e. The van der Waals surface area contributed by atoms with E-state index in [2.05, 4.69) is 5.32 Å². The third-order valence-corrected chi connectivity index (χ3v) is 2.80. The van der Waals surface area contributed by atoms with Crippen LogP contribution in [0.2, 0.25) is 0 Å². The van der Waals surface area contributed by atoms with E-state index in [1.165, 1.54) is 25.7 Å². The van der Waals surface area contributed by atoms with Crippen molar-refractivity contribution >= 4 is 0 Å². The average Bonchev–Trinajstić information content (AvgIpc) is 2.07.